The Hall–Kier alpha value is -1.18. The summed E-state index contributed by atoms with van der Waals surface area (Å²) in [6, 6.07) is 2.48. The van der Waals surface area contributed by atoms with Crippen LogP contribution in [0.1, 0.15) is 19.3 Å². The first-order valence-electron chi connectivity index (χ1n) is 6.04. The number of carbonyl (C=O) groups is 1. The van der Waals surface area contributed by atoms with Crippen LogP contribution in [0.4, 0.5) is 4.39 Å². The van der Waals surface area contributed by atoms with Gasteiger partial charge in [0.25, 0.3) is 0 Å². The molecule has 0 radical (unpaired) electrons. The van der Waals surface area contributed by atoms with E-state index in [9.17, 15) is 17.6 Å². The highest BCUT2D eigenvalue weighted by Crippen LogP contribution is 2.29. The molecule has 1 fully saturated rings. The van der Waals surface area contributed by atoms with Gasteiger partial charge in [0, 0.05) is 6.54 Å². The lowest BCUT2D eigenvalue weighted by molar-refractivity contribution is -0.142. The minimum atomic E-state index is -4.22. The number of hydrogen-bond donors (Lipinski definition) is 1. The molecular weight excluding hydrogens is 309 g/mol. The molecule has 0 unspecified atom stereocenters. The predicted molar refractivity (Wildman–Crippen MR) is 70.6 cm³/mol. The Labute approximate surface area is 121 Å². The number of hydrogen-bond acceptors (Lipinski definition) is 3. The molecule has 5 nitrogen and oxygen atoms in total. The quantitative estimate of drug-likeness (QED) is 0.925. The topological polar surface area (TPSA) is 74.7 Å². The van der Waals surface area contributed by atoms with Crippen LogP contribution in [-0.2, 0) is 14.8 Å². The largest absolute Gasteiger partial charge is 0.480 e. The van der Waals surface area contributed by atoms with Gasteiger partial charge in [-0.1, -0.05) is 17.7 Å². The normalized spacial score (nSPS) is 20.8. The number of carboxylic acid groups (broad SMARTS) is 1. The van der Waals surface area contributed by atoms with Gasteiger partial charge in [-0.15, -0.1) is 0 Å². The Morgan fingerprint density at radius 3 is 2.75 bits per heavy atom. The summed E-state index contributed by atoms with van der Waals surface area (Å²) in [4.78, 5) is 10.6. The van der Waals surface area contributed by atoms with Crippen LogP contribution in [0.15, 0.2) is 23.1 Å². The highest BCUT2D eigenvalue weighted by Gasteiger charge is 2.39. The molecule has 0 saturated carbocycles. The Kier molecular flexibility index (Phi) is 4.31. The van der Waals surface area contributed by atoms with Gasteiger partial charge in [0.2, 0.25) is 10.0 Å². The first-order valence-corrected chi connectivity index (χ1v) is 7.86. The highest BCUT2D eigenvalue weighted by molar-refractivity contribution is 7.89. The second kappa shape index (κ2) is 5.67. The lowest BCUT2D eigenvalue weighted by Crippen LogP contribution is -2.48. The number of nitrogens with zero attached hydrogens (tertiary/aromatic N) is 1. The summed E-state index contributed by atoms with van der Waals surface area (Å²) in [5.41, 5.74) is 0. The van der Waals surface area contributed by atoms with Gasteiger partial charge in [0.15, 0.2) is 5.82 Å². The lowest BCUT2D eigenvalue weighted by Gasteiger charge is -2.31. The van der Waals surface area contributed by atoms with Crippen molar-refractivity contribution in [1.82, 2.24) is 4.31 Å². The number of aliphatic carboxylic acids is 1. The maximum absolute atomic E-state index is 13.9. The van der Waals surface area contributed by atoms with Crippen molar-refractivity contribution >= 4 is 27.6 Å². The Morgan fingerprint density at radius 1 is 1.40 bits per heavy atom. The number of piperidine rings is 1. The van der Waals surface area contributed by atoms with Crippen LogP contribution in [0.2, 0.25) is 5.02 Å². The predicted octanol–water partition coefficient (Wildman–Crippen LogP) is 2.11. The number of rotatable bonds is 3. The van der Waals surface area contributed by atoms with Gasteiger partial charge in [-0.3, -0.25) is 4.79 Å². The number of carboxylic acids is 1. The Morgan fingerprint density at radius 2 is 2.10 bits per heavy atom. The summed E-state index contributed by atoms with van der Waals surface area (Å²) in [7, 11) is -4.22. The van der Waals surface area contributed by atoms with E-state index in [1.807, 2.05) is 0 Å². The molecule has 1 aliphatic heterocycles. The van der Waals surface area contributed by atoms with Crippen LogP contribution in [0.25, 0.3) is 0 Å². The first-order chi connectivity index (χ1) is 9.35. The van der Waals surface area contributed by atoms with Crippen molar-refractivity contribution in [2.75, 3.05) is 6.54 Å². The van der Waals surface area contributed by atoms with E-state index in [0.29, 0.717) is 12.8 Å². The zero-order valence-electron chi connectivity index (χ0n) is 10.4. The molecule has 0 aromatic heterocycles. The fourth-order valence-electron chi connectivity index (χ4n) is 2.25. The minimum absolute atomic E-state index is 0.0608. The standard InChI is InChI=1S/C12H13ClFNO4S/c13-8-4-3-6-10(11(8)14)20(18,19)15-7-2-1-5-9(15)12(16)17/h3-4,6,9H,1-2,5,7H2,(H,16,17)/t9-/m0/s1. The monoisotopic (exact) mass is 321 g/mol. The second-order valence-electron chi connectivity index (χ2n) is 4.52. The van der Waals surface area contributed by atoms with E-state index in [0.717, 1.165) is 10.4 Å². The van der Waals surface area contributed by atoms with Gasteiger partial charge >= 0.3 is 5.97 Å². The number of halogens is 2. The van der Waals surface area contributed by atoms with E-state index in [1.54, 1.807) is 0 Å². The smallest absolute Gasteiger partial charge is 0.322 e. The third-order valence-corrected chi connectivity index (χ3v) is 5.46. The van der Waals surface area contributed by atoms with E-state index < -0.39 is 32.7 Å². The Balaban J connectivity index is 2.48. The molecule has 20 heavy (non-hydrogen) atoms. The minimum Gasteiger partial charge on any atom is -0.480 e. The summed E-state index contributed by atoms with van der Waals surface area (Å²) in [6.07, 6.45) is 1.39. The summed E-state index contributed by atoms with van der Waals surface area (Å²) in [5, 5.41) is 8.81. The molecule has 8 heteroatoms. The highest BCUT2D eigenvalue weighted by atomic mass is 35.5. The SMILES string of the molecule is O=C(O)[C@@H]1CCCCN1S(=O)(=O)c1cccc(Cl)c1F. The van der Waals surface area contributed by atoms with Crippen LogP contribution in [0.3, 0.4) is 0 Å². The number of benzene rings is 1. The summed E-state index contributed by atoms with van der Waals surface area (Å²) < 4.78 is 39.6. The van der Waals surface area contributed by atoms with Crippen LogP contribution in [-0.4, -0.2) is 36.4 Å². The van der Waals surface area contributed by atoms with Crippen molar-refractivity contribution in [3.05, 3.63) is 29.0 Å². The molecule has 0 spiro atoms. The molecule has 1 atom stereocenters. The molecule has 0 amide bonds. The molecule has 1 saturated heterocycles. The van der Waals surface area contributed by atoms with Gasteiger partial charge in [-0.2, -0.15) is 4.31 Å². The summed E-state index contributed by atoms with van der Waals surface area (Å²) >= 11 is 5.58. The van der Waals surface area contributed by atoms with Crippen LogP contribution >= 0.6 is 11.6 Å². The van der Waals surface area contributed by atoms with Gasteiger partial charge in [-0.05, 0) is 31.4 Å². The fraction of sp³-hybridized carbons (Fsp3) is 0.417. The van der Waals surface area contributed by atoms with Crippen molar-refractivity contribution in [1.29, 1.82) is 0 Å². The molecule has 1 aliphatic rings. The van der Waals surface area contributed by atoms with Crippen molar-refractivity contribution in [2.24, 2.45) is 0 Å². The van der Waals surface area contributed by atoms with E-state index in [4.69, 9.17) is 16.7 Å². The van der Waals surface area contributed by atoms with Gasteiger partial charge in [0.1, 0.15) is 10.9 Å². The van der Waals surface area contributed by atoms with E-state index >= 15 is 0 Å². The van der Waals surface area contributed by atoms with Crippen LogP contribution in [0.5, 0.6) is 0 Å². The van der Waals surface area contributed by atoms with E-state index in [-0.39, 0.29) is 18.0 Å². The number of sulfonamides is 1. The molecule has 1 aromatic carbocycles. The third kappa shape index (κ3) is 2.65. The van der Waals surface area contributed by atoms with Crippen LogP contribution in [0, 0.1) is 5.82 Å². The van der Waals surface area contributed by atoms with Crippen LogP contribution < -0.4 is 0 Å². The molecule has 1 aromatic rings. The molecule has 0 aliphatic carbocycles. The van der Waals surface area contributed by atoms with E-state index in [2.05, 4.69) is 0 Å². The zero-order valence-corrected chi connectivity index (χ0v) is 12.0. The van der Waals surface area contributed by atoms with E-state index in [1.165, 1.54) is 12.1 Å². The fourth-order valence-corrected chi connectivity index (χ4v) is 4.22. The maximum atomic E-state index is 13.9. The molecule has 1 heterocycles. The van der Waals surface area contributed by atoms with Crippen molar-refractivity contribution in [3.8, 4) is 0 Å². The molecule has 2 rings (SSSR count). The zero-order chi connectivity index (χ0) is 14.9. The Bertz CT molecular complexity index is 634. The average molecular weight is 322 g/mol. The summed E-state index contributed by atoms with van der Waals surface area (Å²) in [5.74, 6) is -2.28. The first kappa shape index (κ1) is 15.2. The summed E-state index contributed by atoms with van der Waals surface area (Å²) in [6.45, 7) is 0.0608. The van der Waals surface area contributed by atoms with Crippen molar-refractivity contribution in [2.45, 2.75) is 30.2 Å². The van der Waals surface area contributed by atoms with Gasteiger partial charge in [0.05, 0.1) is 5.02 Å². The maximum Gasteiger partial charge on any atom is 0.322 e. The van der Waals surface area contributed by atoms with Gasteiger partial charge < -0.3 is 5.11 Å². The average Bonchev–Trinajstić information content (AvgIpc) is 2.41. The molecule has 0 bridgehead atoms. The third-order valence-electron chi connectivity index (χ3n) is 3.24. The molecule has 110 valence electrons. The molecule has 1 N–H and O–H groups in total. The molecular formula is C12H13ClFNO4S. The van der Waals surface area contributed by atoms with Crippen molar-refractivity contribution in [3.63, 3.8) is 0 Å². The van der Waals surface area contributed by atoms with Crippen molar-refractivity contribution < 1.29 is 22.7 Å². The lowest BCUT2D eigenvalue weighted by atomic mass is 10.1. The second-order valence-corrected chi connectivity index (χ2v) is 6.78. The van der Waals surface area contributed by atoms with Gasteiger partial charge in [-0.25, -0.2) is 12.8 Å².